The third-order valence-electron chi connectivity index (χ3n) is 10.8. The number of anilines is 1. The van der Waals surface area contributed by atoms with Gasteiger partial charge in [-0.25, -0.2) is 9.97 Å². The number of piperidine rings is 1. The number of nitrogens with one attached hydrogen (secondary N) is 3. The summed E-state index contributed by atoms with van der Waals surface area (Å²) in [6, 6.07) is 11.1. The molecule has 1 amide bonds. The van der Waals surface area contributed by atoms with E-state index in [2.05, 4.69) is 60.5 Å². The molecule has 0 radical (unpaired) electrons. The molecule has 4 aromatic rings. The van der Waals surface area contributed by atoms with Gasteiger partial charge in [0, 0.05) is 59.6 Å². The first-order valence-electron chi connectivity index (χ1n) is 16.8. The van der Waals surface area contributed by atoms with Gasteiger partial charge in [-0.3, -0.25) is 9.69 Å². The summed E-state index contributed by atoms with van der Waals surface area (Å²) in [7, 11) is 0. The number of halogens is 3. The van der Waals surface area contributed by atoms with Crippen molar-refractivity contribution in [2.75, 3.05) is 25.0 Å². The molecule has 5 aliphatic rings. The van der Waals surface area contributed by atoms with Crippen LogP contribution in [0.15, 0.2) is 30.6 Å². The zero-order chi connectivity index (χ0) is 33.3. The normalized spacial score (nSPS) is 24.3. The zero-order valence-electron chi connectivity index (χ0n) is 26.9. The quantitative estimate of drug-likeness (QED) is 0.184. The highest BCUT2D eigenvalue weighted by atomic mass is 32.1. The van der Waals surface area contributed by atoms with E-state index in [0.29, 0.717) is 34.3 Å². The highest BCUT2D eigenvalue weighted by Crippen LogP contribution is 2.68. The number of carbonyl (C=O) groups excluding carboxylic acids is 1. The SMILES string of the molecule is Cc1c(CN2CCC(Nc3ncnc4sc(CC(F)(F)F)cc34)CC2)ccc2c1cc(C#N)n2CC12CC(NC(=O)CNC3CC3)(C1)C2. The molecule has 0 spiro atoms. The lowest BCUT2D eigenvalue weighted by atomic mass is 9.39. The molecule has 1 aromatic carbocycles. The summed E-state index contributed by atoms with van der Waals surface area (Å²) >= 11 is 1.07. The second kappa shape index (κ2) is 11.7. The predicted octanol–water partition coefficient (Wildman–Crippen LogP) is 5.80. The molecule has 0 unspecified atom stereocenters. The lowest BCUT2D eigenvalue weighted by Crippen LogP contribution is -2.76. The number of thiophene rings is 1. The van der Waals surface area contributed by atoms with E-state index in [9.17, 15) is 23.2 Å². The smallest absolute Gasteiger partial charge is 0.367 e. The van der Waals surface area contributed by atoms with Crippen LogP contribution in [0.1, 0.15) is 66.6 Å². The summed E-state index contributed by atoms with van der Waals surface area (Å²) in [5, 5.41) is 21.9. The molecular weight excluding hydrogens is 638 g/mol. The Kier molecular flexibility index (Phi) is 7.69. The molecule has 3 aromatic heterocycles. The molecule has 13 heteroatoms. The first-order valence-corrected chi connectivity index (χ1v) is 17.7. The molecule has 48 heavy (non-hydrogen) atoms. The van der Waals surface area contributed by atoms with Crippen molar-refractivity contribution in [3.63, 3.8) is 0 Å². The molecule has 4 aliphatic carbocycles. The third kappa shape index (κ3) is 6.14. The summed E-state index contributed by atoms with van der Waals surface area (Å²) in [4.78, 5) is 24.2. The maximum atomic E-state index is 13.0. The maximum absolute atomic E-state index is 13.0. The highest BCUT2D eigenvalue weighted by molar-refractivity contribution is 7.18. The number of fused-ring (bicyclic) bond motifs is 2. The summed E-state index contributed by atoms with van der Waals surface area (Å²) in [6.45, 7) is 5.92. The fraction of sp³-hybridized carbons (Fsp3) is 0.543. The number of aryl methyl sites for hydroxylation is 1. The Labute approximate surface area is 280 Å². The number of hydrogen-bond donors (Lipinski definition) is 3. The minimum atomic E-state index is -4.26. The summed E-state index contributed by atoms with van der Waals surface area (Å²) < 4.78 is 41.0. The second-order valence-electron chi connectivity index (χ2n) is 14.7. The average molecular weight is 677 g/mol. The molecule has 9 nitrogen and oxygen atoms in total. The third-order valence-corrected chi connectivity index (χ3v) is 11.9. The van der Waals surface area contributed by atoms with Crippen LogP contribution in [0.25, 0.3) is 21.1 Å². The van der Waals surface area contributed by atoms with E-state index >= 15 is 0 Å². The van der Waals surface area contributed by atoms with E-state index in [1.54, 1.807) is 6.07 Å². The van der Waals surface area contributed by atoms with Crippen LogP contribution in [0.3, 0.4) is 0 Å². The van der Waals surface area contributed by atoms with E-state index in [4.69, 9.17) is 0 Å². The number of amides is 1. The van der Waals surface area contributed by atoms with Crippen LogP contribution in [-0.4, -0.2) is 68.8 Å². The van der Waals surface area contributed by atoms with E-state index in [-0.39, 0.29) is 27.8 Å². The van der Waals surface area contributed by atoms with E-state index in [1.165, 1.54) is 30.3 Å². The lowest BCUT2D eigenvalue weighted by molar-refractivity contribution is -0.171. The van der Waals surface area contributed by atoms with Crippen molar-refractivity contribution >= 4 is 44.2 Å². The van der Waals surface area contributed by atoms with Crippen molar-refractivity contribution in [1.82, 2.24) is 30.1 Å². The van der Waals surface area contributed by atoms with Crippen molar-refractivity contribution in [3.05, 3.63) is 52.3 Å². The van der Waals surface area contributed by atoms with Crippen molar-refractivity contribution < 1.29 is 18.0 Å². The molecule has 5 fully saturated rings. The van der Waals surface area contributed by atoms with Crippen LogP contribution < -0.4 is 16.0 Å². The Morgan fingerprint density at radius 2 is 1.85 bits per heavy atom. The molecule has 1 saturated heterocycles. The Morgan fingerprint density at radius 1 is 1.08 bits per heavy atom. The standard InChI is InChI=1S/C35H39F3N8OS/c1-21-22(15-45-8-6-24(7-9-45)43-31-28-11-26(12-35(36,37)38)48-32(28)42-20-41-31)2-5-29-27(21)10-25(13-39)46(29)19-33-16-34(17-33,18-33)44-30(47)14-40-23-3-4-23/h2,5,10-11,20,23-24,40H,3-4,6-9,12,14-19H2,1H3,(H,44,47)(H,41,42,43). The van der Waals surface area contributed by atoms with Gasteiger partial charge in [0.05, 0.1) is 18.4 Å². The van der Waals surface area contributed by atoms with Crippen LogP contribution >= 0.6 is 11.3 Å². The molecule has 2 bridgehead atoms. The first-order chi connectivity index (χ1) is 23.0. The Hall–Kier alpha value is -3.73. The number of hydrogen-bond acceptors (Lipinski definition) is 8. The van der Waals surface area contributed by atoms with Crippen molar-refractivity contribution in [2.24, 2.45) is 5.41 Å². The van der Waals surface area contributed by atoms with Gasteiger partial charge in [-0.15, -0.1) is 11.3 Å². The Bertz CT molecular complexity index is 1910. The van der Waals surface area contributed by atoms with Gasteiger partial charge >= 0.3 is 6.18 Å². The summed E-state index contributed by atoms with van der Waals surface area (Å²) in [5.74, 6) is 0.692. The summed E-state index contributed by atoms with van der Waals surface area (Å²) in [6.07, 6.45) is 3.22. The molecule has 252 valence electrons. The molecule has 0 atom stereocenters. The number of aromatic nitrogens is 3. The van der Waals surface area contributed by atoms with E-state index in [0.717, 1.165) is 80.5 Å². The van der Waals surface area contributed by atoms with Gasteiger partial charge in [-0.2, -0.15) is 18.4 Å². The van der Waals surface area contributed by atoms with Gasteiger partial charge in [-0.05, 0) is 86.6 Å². The lowest BCUT2D eigenvalue weighted by Gasteiger charge is -2.70. The Balaban J connectivity index is 0.881. The van der Waals surface area contributed by atoms with Crippen LogP contribution in [0, 0.1) is 23.7 Å². The fourth-order valence-corrected chi connectivity index (χ4v) is 9.46. The molecule has 4 saturated carbocycles. The minimum Gasteiger partial charge on any atom is -0.367 e. The van der Waals surface area contributed by atoms with Crippen LogP contribution in [-0.2, 0) is 24.3 Å². The number of benzene rings is 1. The molecule has 9 rings (SSSR count). The van der Waals surface area contributed by atoms with E-state index < -0.39 is 12.6 Å². The molecular formula is C35H39F3N8OS. The number of nitriles is 1. The highest BCUT2D eigenvalue weighted by Gasteiger charge is 2.68. The summed E-state index contributed by atoms with van der Waals surface area (Å²) in [5.41, 5.74) is 4.30. The first kappa shape index (κ1) is 31.5. The van der Waals surface area contributed by atoms with Gasteiger partial charge in [0.15, 0.2) is 0 Å². The monoisotopic (exact) mass is 676 g/mol. The predicted molar refractivity (Wildman–Crippen MR) is 179 cm³/mol. The maximum Gasteiger partial charge on any atom is 0.393 e. The Morgan fingerprint density at radius 3 is 2.56 bits per heavy atom. The van der Waals surface area contributed by atoms with Crippen molar-refractivity contribution in [2.45, 2.75) is 95.2 Å². The average Bonchev–Trinajstić information content (AvgIpc) is 3.65. The number of likely N-dealkylation sites (tertiary alicyclic amines) is 1. The van der Waals surface area contributed by atoms with Gasteiger partial charge in [-0.1, -0.05) is 6.07 Å². The molecule has 1 aliphatic heterocycles. The number of rotatable bonds is 11. The largest absolute Gasteiger partial charge is 0.393 e. The van der Waals surface area contributed by atoms with Gasteiger partial charge in [0.1, 0.15) is 28.7 Å². The topological polar surface area (TPSA) is 111 Å². The minimum absolute atomic E-state index is 0.0603. The van der Waals surface area contributed by atoms with Crippen molar-refractivity contribution in [1.29, 1.82) is 5.26 Å². The second-order valence-corrected chi connectivity index (χ2v) is 15.8. The van der Waals surface area contributed by atoms with E-state index in [1.807, 2.05) is 6.07 Å². The van der Waals surface area contributed by atoms with Gasteiger partial charge in [0.25, 0.3) is 0 Å². The molecule has 4 heterocycles. The number of carbonyl (C=O) groups is 1. The fourth-order valence-electron chi connectivity index (χ4n) is 8.43. The van der Waals surface area contributed by atoms with Crippen molar-refractivity contribution in [3.8, 4) is 6.07 Å². The van der Waals surface area contributed by atoms with Crippen LogP contribution in [0.5, 0.6) is 0 Å². The van der Waals surface area contributed by atoms with Crippen LogP contribution in [0.4, 0.5) is 19.0 Å². The number of alkyl halides is 3. The zero-order valence-corrected chi connectivity index (χ0v) is 27.7. The van der Waals surface area contributed by atoms with Gasteiger partial charge < -0.3 is 20.5 Å². The van der Waals surface area contributed by atoms with Crippen LogP contribution in [0.2, 0.25) is 0 Å². The van der Waals surface area contributed by atoms with Gasteiger partial charge in [0.2, 0.25) is 5.91 Å². The molecule has 3 N–H and O–H groups in total. The number of nitrogens with zero attached hydrogens (tertiary/aromatic N) is 5.